The van der Waals surface area contributed by atoms with E-state index in [9.17, 15) is 5.11 Å². The van der Waals surface area contributed by atoms with E-state index in [1.54, 1.807) is 6.07 Å². The van der Waals surface area contributed by atoms with E-state index in [2.05, 4.69) is 12.2 Å². The molecule has 0 atom stereocenters. The minimum Gasteiger partial charge on any atom is -0.507 e. The van der Waals surface area contributed by atoms with E-state index >= 15 is 0 Å². The summed E-state index contributed by atoms with van der Waals surface area (Å²) in [6, 6.07) is 17.2. The molecule has 0 aliphatic heterocycles. The fourth-order valence-electron chi connectivity index (χ4n) is 1.68. The van der Waals surface area contributed by atoms with Gasteiger partial charge in [0, 0.05) is 27.3 Å². The first-order valence-electron chi connectivity index (χ1n) is 5.93. The third-order valence-corrected chi connectivity index (χ3v) is 2.57. The minimum absolute atomic E-state index is 0. The van der Waals surface area contributed by atoms with Gasteiger partial charge < -0.3 is 42.2 Å². The number of phenols is 1. The van der Waals surface area contributed by atoms with Crippen molar-refractivity contribution in [1.82, 2.24) is 0 Å². The zero-order valence-electron chi connectivity index (χ0n) is 16.4. The minimum atomic E-state index is 0. The maximum atomic E-state index is 9.56. The first kappa shape index (κ1) is 44.5. The maximum absolute atomic E-state index is 9.56. The van der Waals surface area contributed by atoms with E-state index in [1.807, 2.05) is 60.7 Å². The molecule has 0 saturated carbocycles. The molecule has 0 saturated heterocycles. The van der Waals surface area contributed by atoms with Crippen molar-refractivity contribution in [2.75, 3.05) is 0 Å². The van der Waals surface area contributed by atoms with Crippen LogP contribution >= 0.6 is 24.8 Å². The second kappa shape index (κ2) is 26.2. The van der Waals surface area contributed by atoms with Crippen LogP contribution in [0.2, 0.25) is 0 Å². The predicted molar refractivity (Wildman–Crippen MR) is 122 cm³/mol. The summed E-state index contributed by atoms with van der Waals surface area (Å²) in [6.45, 7) is 0. The van der Waals surface area contributed by atoms with Gasteiger partial charge in [-0.05, 0) is 11.6 Å². The van der Waals surface area contributed by atoms with Crippen molar-refractivity contribution < 1.29 is 26.8 Å². The number of benzene rings is 2. The Bertz CT molecular complexity index is 545. The summed E-state index contributed by atoms with van der Waals surface area (Å²) in [5, 5.41) is 9.56. The molecule has 0 aromatic heterocycles. The Kier molecular flexibility index (Phi) is 44.9. The fourth-order valence-corrected chi connectivity index (χ4v) is 1.68. The Balaban J connectivity index is -0.0000000500. The molecule has 0 spiro atoms. The van der Waals surface area contributed by atoms with E-state index < -0.39 is 0 Å². The van der Waals surface area contributed by atoms with Gasteiger partial charge in [-0.3, -0.25) is 6.08 Å². The van der Waals surface area contributed by atoms with Crippen molar-refractivity contribution in [2.24, 2.45) is 0 Å². The van der Waals surface area contributed by atoms with Gasteiger partial charge in [-0.1, -0.05) is 48.5 Å². The van der Waals surface area contributed by atoms with Crippen LogP contribution in [0, 0.1) is 43.2 Å². The summed E-state index contributed by atoms with van der Waals surface area (Å²) in [5.74, 6) is 0.328. The van der Waals surface area contributed by atoms with E-state index in [-0.39, 0.29) is 83.7 Å². The Hall–Kier alpha value is -0.986. The largest absolute Gasteiger partial charge is 0.507 e. The predicted octanol–water partition coefficient (Wildman–Crippen LogP) is 7.46. The number of para-hydroxylation sites is 1. The molecule has 4 heteroatoms. The van der Waals surface area contributed by atoms with Crippen LogP contribution in [0.3, 0.4) is 0 Å². The molecule has 2 aromatic rings. The molecule has 0 radical (unpaired) electrons. The second-order valence-electron chi connectivity index (χ2n) is 3.89. The van der Waals surface area contributed by atoms with Crippen LogP contribution in [-0.2, 0) is 21.7 Å². The molecule has 0 fully saturated rings. The number of rotatable bonds is 1. The average molecular weight is 431 g/mol. The molecule has 1 aliphatic rings. The third-order valence-electron chi connectivity index (χ3n) is 2.57. The van der Waals surface area contributed by atoms with Gasteiger partial charge in [0.05, 0.1) is 0 Å². The molecule has 150 valence electrons. The molecular formula is C22H32Cl2OTi-6. The zero-order valence-corrected chi connectivity index (χ0v) is 19.6. The number of phenolic OH excluding ortho intramolecular Hbond substituents is 1. The van der Waals surface area contributed by atoms with Gasteiger partial charge in [0.1, 0.15) is 5.75 Å². The maximum Gasteiger partial charge on any atom is 0.123 e. The Morgan fingerprint density at radius 2 is 1.23 bits per heavy atom. The monoisotopic (exact) mass is 430 g/mol. The number of hydrogen-bond acceptors (Lipinski definition) is 1. The number of halogens is 2. The fraction of sp³-hybridized carbons (Fsp3) is 0.0455. The summed E-state index contributed by atoms with van der Waals surface area (Å²) < 4.78 is 0. The van der Waals surface area contributed by atoms with Gasteiger partial charge in [0.25, 0.3) is 0 Å². The molecule has 3 rings (SSSR count). The SMILES string of the molecule is Cl.Cl.Oc1ccccc1-c1ccccc1.[C-]1=CC=CC1.[CH3-].[CH3-].[CH3-].[CH3-].[CH3-].[Ti]. The van der Waals surface area contributed by atoms with Gasteiger partial charge in [-0.25, -0.2) is 12.2 Å². The van der Waals surface area contributed by atoms with Crippen LogP contribution in [0.15, 0.2) is 72.8 Å². The van der Waals surface area contributed by atoms with Gasteiger partial charge in [-0.15, -0.1) is 31.2 Å². The molecule has 1 nitrogen and oxygen atoms in total. The molecule has 0 bridgehead atoms. The van der Waals surface area contributed by atoms with Crippen LogP contribution < -0.4 is 0 Å². The van der Waals surface area contributed by atoms with E-state index in [0.29, 0.717) is 5.75 Å². The van der Waals surface area contributed by atoms with Gasteiger partial charge in [-0.2, -0.15) is 6.08 Å². The van der Waals surface area contributed by atoms with Crippen molar-refractivity contribution in [3.8, 4) is 16.9 Å². The first-order chi connectivity index (χ1) is 8.88. The normalized spacial score (nSPS) is 8.31. The molecule has 1 aliphatic carbocycles. The van der Waals surface area contributed by atoms with Crippen LogP contribution in [0.1, 0.15) is 6.42 Å². The van der Waals surface area contributed by atoms with E-state index in [0.717, 1.165) is 17.5 Å². The molecular weight excluding hydrogens is 399 g/mol. The number of aromatic hydroxyl groups is 1. The smallest absolute Gasteiger partial charge is 0.123 e. The Morgan fingerprint density at radius 1 is 0.731 bits per heavy atom. The van der Waals surface area contributed by atoms with Crippen molar-refractivity contribution in [3.05, 3.63) is 116 Å². The van der Waals surface area contributed by atoms with Crippen molar-refractivity contribution in [3.63, 3.8) is 0 Å². The second-order valence-corrected chi connectivity index (χ2v) is 3.89. The Labute approximate surface area is 190 Å². The van der Waals surface area contributed by atoms with Crippen LogP contribution in [0.5, 0.6) is 5.75 Å². The van der Waals surface area contributed by atoms with E-state index in [1.165, 1.54) is 0 Å². The summed E-state index contributed by atoms with van der Waals surface area (Å²) in [6.07, 6.45) is 10.0. The molecule has 2 aromatic carbocycles. The number of allylic oxidation sites excluding steroid dienone is 4. The van der Waals surface area contributed by atoms with Crippen molar-refractivity contribution in [2.45, 2.75) is 6.42 Å². The third kappa shape index (κ3) is 15.3. The summed E-state index contributed by atoms with van der Waals surface area (Å²) in [5.41, 5.74) is 1.92. The molecule has 1 N–H and O–H groups in total. The molecule has 0 unspecified atom stereocenters. The Morgan fingerprint density at radius 3 is 1.62 bits per heavy atom. The van der Waals surface area contributed by atoms with Crippen molar-refractivity contribution >= 4 is 24.8 Å². The summed E-state index contributed by atoms with van der Waals surface area (Å²) in [7, 11) is 0. The zero-order chi connectivity index (χ0) is 12.6. The van der Waals surface area contributed by atoms with Crippen LogP contribution in [0.4, 0.5) is 0 Å². The standard InChI is InChI=1S/C12H10O.C5H5.5CH3.2ClH.Ti/c13-12-9-5-4-8-11(12)10-6-2-1-3-7-10;1-2-4-5-3-1;;;;;;;;/h1-9,13H;1-3H,4H2;5*1H3;2*1H;/q;6*-1;;;. The molecule has 0 amide bonds. The van der Waals surface area contributed by atoms with Crippen molar-refractivity contribution in [1.29, 1.82) is 0 Å². The van der Waals surface area contributed by atoms with Gasteiger partial charge in [0.15, 0.2) is 0 Å². The van der Waals surface area contributed by atoms with Crippen LogP contribution in [-0.4, -0.2) is 5.11 Å². The van der Waals surface area contributed by atoms with E-state index in [4.69, 9.17) is 0 Å². The molecule has 26 heavy (non-hydrogen) atoms. The van der Waals surface area contributed by atoms with Gasteiger partial charge in [0.2, 0.25) is 0 Å². The van der Waals surface area contributed by atoms with Gasteiger partial charge >= 0.3 is 0 Å². The average Bonchev–Trinajstić information content (AvgIpc) is 2.99. The first-order valence-corrected chi connectivity index (χ1v) is 5.93. The molecule has 0 heterocycles. The number of hydrogen-bond donors (Lipinski definition) is 1. The summed E-state index contributed by atoms with van der Waals surface area (Å²) in [4.78, 5) is 0. The quantitative estimate of drug-likeness (QED) is 0.367. The summed E-state index contributed by atoms with van der Waals surface area (Å²) >= 11 is 0. The topological polar surface area (TPSA) is 20.2 Å². The van der Waals surface area contributed by atoms with Crippen LogP contribution in [0.25, 0.3) is 11.1 Å².